The summed E-state index contributed by atoms with van der Waals surface area (Å²) in [6.07, 6.45) is 2.91. The first-order chi connectivity index (χ1) is 5.59. The minimum Gasteiger partial charge on any atom is -0.480 e. The van der Waals surface area contributed by atoms with Crippen LogP contribution in [0.25, 0.3) is 0 Å². The highest BCUT2D eigenvalue weighted by Crippen LogP contribution is 2.36. The molecule has 0 unspecified atom stereocenters. The highest BCUT2D eigenvalue weighted by molar-refractivity contribution is 5.98. The van der Waals surface area contributed by atoms with E-state index >= 15 is 0 Å². The van der Waals surface area contributed by atoms with Crippen LogP contribution in [0.2, 0.25) is 0 Å². The molecule has 1 aliphatic rings. The molecule has 1 aliphatic carbocycles. The summed E-state index contributed by atoms with van der Waals surface area (Å²) in [7, 11) is 0. The van der Waals surface area contributed by atoms with Gasteiger partial charge in [0.15, 0.2) is 22.8 Å². The van der Waals surface area contributed by atoms with Crippen LogP contribution >= 0.6 is 0 Å². The molecule has 2 N–H and O–H groups in total. The molecule has 0 atom stereocenters. The van der Waals surface area contributed by atoms with Crippen molar-refractivity contribution in [1.29, 1.82) is 0 Å². The Kier molecular flexibility index (Phi) is 4.45. The van der Waals surface area contributed by atoms with E-state index in [0.29, 0.717) is 12.8 Å². The van der Waals surface area contributed by atoms with Crippen LogP contribution in [0.4, 0.5) is 0 Å². The summed E-state index contributed by atoms with van der Waals surface area (Å²) in [5, 5.41) is 17.6. The lowest BCUT2D eigenvalue weighted by Gasteiger charge is -2.28. The summed E-state index contributed by atoms with van der Waals surface area (Å²) >= 11 is 0. The van der Waals surface area contributed by atoms with E-state index in [2.05, 4.69) is 0 Å². The SMILES string of the molecule is O=C(O)C1(C(=O)O)CCCCC1.[AlH3]. The van der Waals surface area contributed by atoms with Crippen LogP contribution in [-0.2, 0) is 9.59 Å². The van der Waals surface area contributed by atoms with Crippen molar-refractivity contribution in [2.24, 2.45) is 5.41 Å². The summed E-state index contributed by atoms with van der Waals surface area (Å²) in [5.74, 6) is -2.37. The molecular weight excluding hydrogens is 187 g/mol. The Bertz CT molecular complexity index is 192. The molecule has 0 heterocycles. The van der Waals surface area contributed by atoms with Crippen molar-refractivity contribution in [2.75, 3.05) is 0 Å². The zero-order chi connectivity index (χ0) is 9.19. The van der Waals surface area contributed by atoms with E-state index in [-0.39, 0.29) is 30.2 Å². The van der Waals surface area contributed by atoms with Gasteiger partial charge in [0.2, 0.25) is 0 Å². The molecule has 0 aromatic rings. The minimum absolute atomic E-state index is 0. The quantitative estimate of drug-likeness (QED) is 0.485. The van der Waals surface area contributed by atoms with Crippen molar-refractivity contribution in [3.8, 4) is 0 Å². The number of carbonyl (C=O) groups is 2. The van der Waals surface area contributed by atoms with Gasteiger partial charge in [-0.15, -0.1) is 0 Å². The molecule has 4 nitrogen and oxygen atoms in total. The van der Waals surface area contributed by atoms with Gasteiger partial charge in [-0.1, -0.05) is 19.3 Å². The molecule has 0 bridgehead atoms. The maximum Gasteiger partial charge on any atom is 0.321 e. The van der Waals surface area contributed by atoms with Gasteiger partial charge in [0, 0.05) is 0 Å². The Morgan fingerprint density at radius 2 is 1.31 bits per heavy atom. The Labute approximate surface area is 87.1 Å². The minimum atomic E-state index is -1.49. The van der Waals surface area contributed by atoms with E-state index in [0.717, 1.165) is 6.42 Å². The summed E-state index contributed by atoms with van der Waals surface area (Å²) in [6.45, 7) is 0. The van der Waals surface area contributed by atoms with Gasteiger partial charge in [0.1, 0.15) is 0 Å². The van der Waals surface area contributed by atoms with Gasteiger partial charge in [-0.3, -0.25) is 9.59 Å². The lowest BCUT2D eigenvalue weighted by atomic mass is 9.74. The van der Waals surface area contributed by atoms with Crippen LogP contribution < -0.4 is 0 Å². The Hall–Kier alpha value is -0.528. The Morgan fingerprint density at radius 1 is 0.923 bits per heavy atom. The van der Waals surface area contributed by atoms with Crippen LogP contribution in [0.3, 0.4) is 0 Å². The van der Waals surface area contributed by atoms with E-state index in [9.17, 15) is 9.59 Å². The molecule has 5 heteroatoms. The van der Waals surface area contributed by atoms with Crippen LogP contribution in [0.5, 0.6) is 0 Å². The molecule has 0 amide bonds. The molecule has 0 aromatic carbocycles. The zero-order valence-electron chi connectivity index (χ0n) is 6.75. The predicted molar refractivity (Wildman–Crippen MR) is 50.7 cm³/mol. The number of rotatable bonds is 2. The third-order valence-electron chi connectivity index (χ3n) is 2.53. The molecule has 0 aliphatic heterocycles. The molecule has 0 radical (unpaired) electrons. The van der Waals surface area contributed by atoms with Crippen molar-refractivity contribution < 1.29 is 19.8 Å². The first-order valence-corrected chi connectivity index (χ1v) is 4.06. The van der Waals surface area contributed by atoms with Gasteiger partial charge in [-0.2, -0.15) is 0 Å². The standard InChI is InChI=1S/C8H12O4.Al.3H/c9-6(10)8(7(11)12)4-2-1-3-5-8;;;;/h1-5H2,(H,9,10)(H,11,12);;;;. The van der Waals surface area contributed by atoms with Crippen molar-refractivity contribution in [3.63, 3.8) is 0 Å². The Morgan fingerprint density at radius 3 is 1.54 bits per heavy atom. The van der Waals surface area contributed by atoms with E-state index in [1.165, 1.54) is 0 Å². The van der Waals surface area contributed by atoms with Gasteiger partial charge >= 0.3 is 11.9 Å². The molecule has 0 saturated heterocycles. The second-order valence-corrected chi connectivity index (χ2v) is 3.25. The van der Waals surface area contributed by atoms with Gasteiger partial charge in [-0.05, 0) is 12.8 Å². The lowest BCUT2D eigenvalue weighted by molar-refractivity contribution is -0.167. The highest BCUT2D eigenvalue weighted by atomic mass is 27.0. The average molecular weight is 202 g/mol. The third kappa shape index (κ3) is 2.23. The second kappa shape index (κ2) is 4.64. The summed E-state index contributed by atoms with van der Waals surface area (Å²) in [6, 6.07) is 0. The molecule has 1 fully saturated rings. The molecule has 0 aromatic heterocycles. The smallest absolute Gasteiger partial charge is 0.321 e. The molecule has 74 valence electrons. The van der Waals surface area contributed by atoms with Gasteiger partial charge in [0.25, 0.3) is 0 Å². The highest BCUT2D eigenvalue weighted by Gasteiger charge is 2.46. The molecule has 0 spiro atoms. The number of carboxylic acids is 2. The fraction of sp³-hybridized carbons (Fsp3) is 0.750. The van der Waals surface area contributed by atoms with Crippen molar-refractivity contribution in [3.05, 3.63) is 0 Å². The summed E-state index contributed by atoms with van der Waals surface area (Å²) < 4.78 is 0. The lowest BCUT2D eigenvalue weighted by Crippen LogP contribution is -2.40. The summed E-state index contributed by atoms with van der Waals surface area (Å²) in [5.41, 5.74) is -1.49. The molecular formula is C8H15AlO4. The van der Waals surface area contributed by atoms with Crippen LogP contribution in [0.15, 0.2) is 0 Å². The number of aliphatic carboxylic acids is 2. The topological polar surface area (TPSA) is 74.6 Å². The average Bonchev–Trinajstić information content (AvgIpc) is 2.05. The van der Waals surface area contributed by atoms with Crippen molar-refractivity contribution in [1.82, 2.24) is 0 Å². The molecule has 1 rings (SSSR count). The monoisotopic (exact) mass is 202 g/mol. The van der Waals surface area contributed by atoms with Crippen molar-refractivity contribution in [2.45, 2.75) is 32.1 Å². The van der Waals surface area contributed by atoms with Crippen LogP contribution in [-0.4, -0.2) is 39.5 Å². The van der Waals surface area contributed by atoms with E-state index in [4.69, 9.17) is 10.2 Å². The van der Waals surface area contributed by atoms with E-state index in [1.807, 2.05) is 0 Å². The number of carboxylic acid groups (broad SMARTS) is 2. The van der Waals surface area contributed by atoms with E-state index in [1.54, 1.807) is 0 Å². The zero-order valence-corrected chi connectivity index (χ0v) is 6.75. The predicted octanol–water partition coefficient (Wildman–Crippen LogP) is -0.0778. The second-order valence-electron chi connectivity index (χ2n) is 3.25. The Balaban J connectivity index is 0.00000144. The van der Waals surface area contributed by atoms with Gasteiger partial charge in [0.05, 0.1) is 0 Å². The fourth-order valence-electron chi connectivity index (χ4n) is 1.67. The normalized spacial score (nSPS) is 20.0. The van der Waals surface area contributed by atoms with Crippen molar-refractivity contribution >= 4 is 29.3 Å². The first-order valence-electron chi connectivity index (χ1n) is 4.06. The maximum absolute atomic E-state index is 10.7. The number of hydrogen-bond donors (Lipinski definition) is 2. The van der Waals surface area contributed by atoms with Gasteiger partial charge < -0.3 is 10.2 Å². The fourth-order valence-corrected chi connectivity index (χ4v) is 1.67. The maximum atomic E-state index is 10.7. The third-order valence-corrected chi connectivity index (χ3v) is 2.53. The largest absolute Gasteiger partial charge is 0.480 e. The van der Waals surface area contributed by atoms with Crippen LogP contribution in [0, 0.1) is 5.41 Å². The summed E-state index contributed by atoms with van der Waals surface area (Å²) in [4.78, 5) is 21.5. The van der Waals surface area contributed by atoms with Gasteiger partial charge in [-0.25, -0.2) is 0 Å². The molecule has 1 saturated carbocycles. The molecule has 13 heavy (non-hydrogen) atoms. The van der Waals surface area contributed by atoms with Crippen LogP contribution in [0.1, 0.15) is 32.1 Å². The number of hydrogen-bond acceptors (Lipinski definition) is 2. The first kappa shape index (κ1) is 12.5. The van der Waals surface area contributed by atoms with E-state index < -0.39 is 17.4 Å².